The Hall–Kier alpha value is -1.56. The maximum absolute atomic E-state index is 11.5. The summed E-state index contributed by atoms with van der Waals surface area (Å²) in [4.78, 5) is 15.4. The molecule has 5 nitrogen and oxygen atoms in total. The van der Waals surface area contributed by atoms with Crippen LogP contribution in [0.15, 0.2) is 12.3 Å². The second-order valence-electron chi connectivity index (χ2n) is 4.08. The molecule has 16 heavy (non-hydrogen) atoms. The highest BCUT2D eigenvalue weighted by molar-refractivity contribution is 6.48. The van der Waals surface area contributed by atoms with Gasteiger partial charge >= 0.3 is 13.1 Å². The molecule has 1 fully saturated rings. The summed E-state index contributed by atoms with van der Waals surface area (Å²) in [5.74, 6) is 0.300. The molecule has 0 aromatic carbocycles. The molecule has 0 saturated heterocycles. The quantitative estimate of drug-likeness (QED) is 0.553. The minimum Gasteiger partial charge on any atom is -0.534 e. The van der Waals surface area contributed by atoms with Crippen molar-refractivity contribution in [3.05, 3.63) is 23.5 Å². The summed E-state index contributed by atoms with van der Waals surface area (Å²) in [6.45, 7) is 0. The van der Waals surface area contributed by atoms with Gasteiger partial charge in [0.15, 0.2) is 5.69 Å². The molecule has 1 aliphatic carbocycles. The van der Waals surface area contributed by atoms with Crippen LogP contribution in [0.3, 0.4) is 0 Å². The molecular formula is C10H10BNO4. The van der Waals surface area contributed by atoms with E-state index in [4.69, 9.17) is 4.65 Å². The van der Waals surface area contributed by atoms with Gasteiger partial charge in [0.2, 0.25) is 0 Å². The van der Waals surface area contributed by atoms with E-state index in [0.29, 0.717) is 11.7 Å². The minimum absolute atomic E-state index is 0.143. The average Bonchev–Trinajstić information content (AvgIpc) is 3.08. The van der Waals surface area contributed by atoms with Crippen LogP contribution in [0.2, 0.25) is 5.82 Å². The fourth-order valence-electron chi connectivity index (χ4n) is 2.22. The van der Waals surface area contributed by atoms with Crippen molar-refractivity contribution < 1.29 is 19.2 Å². The van der Waals surface area contributed by atoms with Crippen molar-refractivity contribution in [2.24, 2.45) is 0 Å². The van der Waals surface area contributed by atoms with Crippen LogP contribution < -0.4 is 4.65 Å². The molecule has 1 aromatic heterocycles. The first kappa shape index (κ1) is 9.66. The highest BCUT2D eigenvalue weighted by Gasteiger charge is 2.54. The van der Waals surface area contributed by atoms with Crippen LogP contribution in [0.25, 0.3) is 0 Å². The van der Waals surface area contributed by atoms with Crippen molar-refractivity contribution in [3.63, 3.8) is 0 Å². The summed E-state index contributed by atoms with van der Waals surface area (Å²) in [6, 6.07) is 1.83. The van der Waals surface area contributed by atoms with Crippen molar-refractivity contribution in [3.8, 4) is 5.75 Å². The number of carbonyl (C=O) groups excluding carboxylic acids is 1. The van der Waals surface area contributed by atoms with Crippen molar-refractivity contribution in [2.75, 3.05) is 7.11 Å². The molecule has 0 radical (unpaired) electrons. The van der Waals surface area contributed by atoms with Crippen LogP contribution in [0.4, 0.5) is 0 Å². The average molecular weight is 219 g/mol. The van der Waals surface area contributed by atoms with E-state index in [1.54, 1.807) is 6.20 Å². The van der Waals surface area contributed by atoms with Crippen LogP contribution in [0, 0.1) is 0 Å². The fraction of sp³-hybridized carbons (Fsp3) is 0.400. The SMILES string of the molecule is COC(=O)c1nccc2c1OB(O)[C@H]1CC21. The van der Waals surface area contributed by atoms with E-state index >= 15 is 0 Å². The summed E-state index contributed by atoms with van der Waals surface area (Å²) < 4.78 is 9.96. The number of ether oxygens (including phenoxy) is 1. The van der Waals surface area contributed by atoms with Gasteiger partial charge in [-0.3, -0.25) is 0 Å². The molecular weight excluding hydrogens is 209 g/mol. The van der Waals surface area contributed by atoms with E-state index in [1.807, 2.05) is 6.07 Å². The summed E-state index contributed by atoms with van der Waals surface area (Å²) >= 11 is 0. The van der Waals surface area contributed by atoms with Gasteiger partial charge in [-0.05, 0) is 24.0 Å². The Bertz CT molecular complexity index is 464. The van der Waals surface area contributed by atoms with Crippen molar-refractivity contribution >= 4 is 13.1 Å². The largest absolute Gasteiger partial charge is 0.534 e. The lowest BCUT2D eigenvalue weighted by atomic mass is 9.77. The number of carbonyl (C=O) groups is 1. The number of aromatic nitrogens is 1. The Morgan fingerprint density at radius 2 is 2.56 bits per heavy atom. The van der Waals surface area contributed by atoms with Gasteiger partial charge in [0, 0.05) is 12.0 Å². The molecule has 0 amide bonds. The Morgan fingerprint density at radius 3 is 3.31 bits per heavy atom. The van der Waals surface area contributed by atoms with E-state index in [0.717, 1.165) is 12.0 Å². The van der Waals surface area contributed by atoms with Gasteiger partial charge in [-0.2, -0.15) is 0 Å². The highest BCUT2D eigenvalue weighted by Crippen LogP contribution is 2.59. The van der Waals surface area contributed by atoms with E-state index < -0.39 is 13.1 Å². The molecule has 1 N–H and O–H groups in total. The molecule has 6 heteroatoms. The number of methoxy groups -OCH3 is 1. The maximum atomic E-state index is 11.5. The van der Waals surface area contributed by atoms with Gasteiger partial charge in [-0.1, -0.05) is 0 Å². The lowest BCUT2D eigenvalue weighted by molar-refractivity contribution is 0.0591. The molecule has 2 heterocycles. The van der Waals surface area contributed by atoms with Crippen LogP contribution >= 0.6 is 0 Å². The first-order valence-electron chi connectivity index (χ1n) is 5.14. The monoisotopic (exact) mass is 219 g/mol. The summed E-state index contributed by atoms with van der Waals surface area (Å²) in [6.07, 6.45) is 2.47. The zero-order valence-corrected chi connectivity index (χ0v) is 8.71. The zero-order chi connectivity index (χ0) is 11.3. The third kappa shape index (κ3) is 1.23. The lowest BCUT2D eigenvalue weighted by Crippen LogP contribution is -2.28. The standard InChI is InChI=1S/C10H10BNO4/c1-15-10(13)8-9-5(2-3-12-8)6-4-7(6)11(14)16-9/h2-3,6-7,14H,4H2,1H3/t6?,7-/m0/s1. The molecule has 82 valence electrons. The first-order chi connectivity index (χ1) is 7.72. The predicted octanol–water partition coefficient (Wildman–Crippen LogP) is 0.599. The van der Waals surface area contributed by atoms with Crippen LogP contribution in [-0.2, 0) is 4.74 Å². The molecule has 1 unspecified atom stereocenters. The second-order valence-corrected chi connectivity index (χ2v) is 4.08. The lowest BCUT2D eigenvalue weighted by Gasteiger charge is -2.20. The Morgan fingerprint density at radius 1 is 1.75 bits per heavy atom. The van der Waals surface area contributed by atoms with E-state index in [-0.39, 0.29) is 11.5 Å². The van der Waals surface area contributed by atoms with E-state index in [2.05, 4.69) is 9.72 Å². The first-order valence-corrected chi connectivity index (χ1v) is 5.14. The third-order valence-electron chi connectivity index (χ3n) is 3.16. The molecule has 1 aliphatic heterocycles. The minimum atomic E-state index is -0.829. The van der Waals surface area contributed by atoms with Gasteiger partial charge in [-0.15, -0.1) is 0 Å². The maximum Gasteiger partial charge on any atom is 0.526 e. The van der Waals surface area contributed by atoms with Crippen molar-refractivity contribution in [1.82, 2.24) is 4.98 Å². The molecule has 2 atom stereocenters. The van der Waals surface area contributed by atoms with Crippen molar-refractivity contribution in [1.29, 1.82) is 0 Å². The molecule has 3 rings (SSSR count). The zero-order valence-electron chi connectivity index (χ0n) is 8.71. The smallest absolute Gasteiger partial charge is 0.526 e. The van der Waals surface area contributed by atoms with Gasteiger partial charge in [0.05, 0.1) is 7.11 Å². The van der Waals surface area contributed by atoms with Gasteiger partial charge < -0.3 is 14.4 Å². The number of fused-ring (bicyclic) bond motifs is 3. The number of hydrogen-bond acceptors (Lipinski definition) is 5. The van der Waals surface area contributed by atoms with Gasteiger partial charge in [-0.25, -0.2) is 9.78 Å². The second kappa shape index (κ2) is 3.22. The van der Waals surface area contributed by atoms with Crippen LogP contribution in [0.5, 0.6) is 5.75 Å². The van der Waals surface area contributed by atoms with Crippen LogP contribution in [-0.4, -0.2) is 30.2 Å². The highest BCUT2D eigenvalue weighted by atomic mass is 16.5. The number of esters is 1. The molecule has 2 aliphatic rings. The summed E-state index contributed by atoms with van der Waals surface area (Å²) in [7, 11) is 0.466. The number of hydrogen-bond donors (Lipinski definition) is 1. The van der Waals surface area contributed by atoms with E-state index in [1.165, 1.54) is 7.11 Å². The molecule has 1 saturated carbocycles. The molecule has 0 spiro atoms. The summed E-state index contributed by atoms with van der Waals surface area (Å²) in [5.41, 5.74) is 1.09. The molecule has 1 aromatic rings. The normalized spacial score (nSPS) is 25.2. The van der Waals surface area contributed by atoms with Gasteiger partial charge in [0.25, 0.3) is 0 Å². The van der Waals surface area contributed by atoms with Crippen molar-refractivity contribution in [2.45, 2.75) is 18.2 Å². The predicted molar refractivity (Wildman–Crippen MR) is 55.3 cm³/mol. The van der Waals surface area contributed by atoms with Gasteiger partial charge in [0.1, 0.15) is 5.75 Å². The fourth-order valence-corrected chi connectivity index (χ4v) is 2.22. The Labute approximate surface area is 92.5 Å². The Balaban J connectivity index is 2.09. The van der Waals surface area contributed by atoms with Crippen LogP contribution in [0.1, 0.15) is 28.4 Å². The topological polar surface area (TPSA) is 68.7 Å². The number of pyridine rings is 1. The summed E-state index contributed by atoms with van der Waals surface area (Å²) in [5, 5.41) is 9.64. The Kier molecular flexibility index (Phi) is 1.94. The van der Waals surface area contributed by atoms with E-state index in [9.17, 15) is 9.82 Å². The molecule has 0 bridgehead atoms. The third-order valence-corrected chi connectivity index (χ3v) is 3.16. The number of rotatable bonds is 1. The number of nitrogens with zero attached hydrogens (tertiary/aromatic N) is 1.